The molecule has 0 radical (unpaired) electrons. The molecule has 4 heteroatoms. The van der Waals surface area contributed by atoms with Crippen LogP contribution < -0.4 is 5.32 Å². The van der Waals surface area contributed by atoms with Crippen molar-refractivity contribution in [3.05, 3.63) is 108 Å². The summed E-state index contributed by atoms with van der Waals surface area (Å²) in [6.45, 7) is 0. The lowest BCUT2D eigenvalue weighted by molar-refractivity contribution is 0.670. The molecule has 2 heterocycles. The first-order valence-electron chi connectivity index (χ1n) is 11.1. The Kier molecular flexibility index (Phi) is 4.41. The van der Waals surface area contributed by atoms with E-state index in [4.69, 9.17) is 16.0 Å². The van der Waals surface area contributed by atoms with Gasteiger partial charge in [-0.2, -0.15) is 0 Å². The third kappa shape index (κ3) is 3.02. The molecule has 7 rings (SSSR count). The molecule has 0 fully saturated rings. The highest BCUT2D eigenvalue weighted by Gasteiger charge is 2.14. The number of halogens is 1. The number of anilines is 2. The van der Waals surface area contributed by atoms with Crippen molar-refractivity contribution in [2.24, 2.45) is 0 Å². The van der Waals surface area contributed by atoms with Crippen molar-refractivity contribution >= 4 is 76.4 Å². The number of para-hydroxylation sites is 2. The Morgan fingerprint density at radius 3 is 2.35 bits per heavy atom. The first-order valence-corrected chi connectivity index (χ1v) is 12.3. The summed E-state index contributed by atoms with van der Waals surface area (Å²) in [6, 6.07) is 35.5. The largest absolute Gasteiger partial charge is 0.455 e. The molecule has 7 aromatic rings. The first kappa shape index (κ1) is 19.7. The fourth-order valence-corrected chi connectivity index (χ4v) is 6.09. The van der Waals surface area contributed by atoms with Gasteiger partial charge in [-0.25, -0.2) is 0 Å². The maximum atomic E-state index is 6.66. The molecule has 1 N–H and O–H groups in total. The van der Waals surface area contributed by atoms with Crippen molar-refractivity contribution in [2.45, 2.75) is 0 Å². The number of hydrogen-bond donors (Lipinski definition) is 1. The average Bonchev–Trinajstić information content (AvgIpc) is 3.44. The summed E-state index contributed by atoms with van der Waals surface area (Å²) in [5.41, 5.74) is 5.82. The van der Waals surface area contributed by atoms with E-state index in [0.29, 0.717) is 5.02 Å². The van der Waals surface area contributed by atoms with E-state index in [1.807, 2.05) is 24.3 Å². The number of thiophene rings is 1. The number of furan rings is 1. The van der Waals surface area contributed by atoms with Crippen LogP contribution in [0.1, 0.15) is 0 Å². The second-order valence-corrected chi connectivity index (χ2v) is 9.84. The van der Waals surface area contributed by atoms with Gasteiger partial charge in [-0.3, -0.25) is 0 Å². The van der Waals surface area contributed by atoms with Crippen LogP contribution in [0, 0.1) is 0 Å². The molecule has 5 aromatic carbocycles. The molecule has 0 saturated heterocycles. The number of fused-ring (bicyclic) bond motifs is 6. The van der Waals surface area contributed by atoms with Gasteiger partial charge in [-0.1, -0.05) is 84.4 Å². The summed E-state index contributed by atoms with van der Waals surface area (Å²) in [5, 5.41) is 9.07. The maximum Gasteiger partial charge on any atom is 0.143 e. The van der Waals surface area contributed by atoms with Gasteiger partial charge in [0.1, 0.15) is 11.2 Å². The Morgan fingerprint density at radius 1 is 0.647 bits per heavy atom. The van der Waals surface area contributed by atoms with Crippen molar-refractivity contribution in [3.63, 3.8) is 0 Å². The SMILES string of the molecule is Clc1ccc(-c2cccc3c2oc2ccccc23)cc1Nc1cccc2c1sc1ccccc12. The fraction of sp³-hybridized carbons (Fsp3) is 0. The molecule has 0 spiro atoms. The summed E-state index contributed by atoms with van der Waals surface area (Å²) in [5.74, 6) is 0. The zero-order valence-electron chi connectivity index (χ0n) is 18.0. The average molecular weight is 476 g/mol. The molecule has 0 aliphatic rings. The van der Waals surface area contributed by atoms with Crippen LogP contribution in [-0.2, 0) is 0 Å². The molecular weight excluding hydrogens is 458 g/mol. The number of rotatable bonds is 3. The van der Waals surface area contributed by atoms with E-state index in [9.17, 15) is 0 Å². The molecule has 0 aliphatic carbocycles. The van der Waals surface area contributed by atoms with E-state index in [1.165, 1.54) is 20.2 Å². The third-order valence-electron chi connectivity index (χ3n) is 6.36. The molecule has 0 aliphatic heterocycles. The summed E-state index contributed by atoms with van der Waals surface area (Å²) in [4.78, 5) is 0. The molecular formula is C30H18ClNOS. The second kappa shape index (κ2) is 7.63. The highest BCUT2D eigenvalue weighted by molar-refractivity contribution is 7.26. The highest BCUT2D eigenvalue weighted by Crippen LogP contribution is 2.41. The fourth-order valence-electron chi connectivity index (χ4n) is 4.75. The van der Waals surface area contributed by atoms with Crippen LogP contribution in [0.3, 0.4) is 0 Å². The first-order chi connectivity index (χ1) is 16.8. The minimum atomic E-state index is 0.679. The van der Waals surface area contributed by atoms with Crippen molar-refractivity contribution < 1.29 is 4.42 Å². The second-order valence-electron chi connectivity index (χ2n) is 8.38. The summed E-state index contributed by atoms with van der Waals surface area (Å²) < 4.78 is 8.77. The van der Waals surface area contributed by atoms with E-state index >= 15 is 0 Å². The van der Waals surface area contributed by atoms with Crippen molar-refractivity contribution in [2.75, 3.05) is 5.32 Å². The minimum absolute atomic E-state index is 0.679. The number of hydrogen-bond acceptors (Lipinski definition) is 3. The predicted octanol–water partition coefficient (Wildman–Crippen LogP) is 10.0. The van der Waals surface area contributed by atoms with Crippen LogP contribution >= 0.6 is 22.9 Å². The summed E-state index contributed by atoms with van der Waals surface area (Å²) in [7, 11) is 0. The highest BCUT2D eigenvalue weighted by atomic mass is 35.5. The van der Waals surface area contributed by atoms with Crippen LogP contribution in [0.15, 0.2) is 108 Å². The van der Waals surface area contributed by atoms with Gasteiger partial charge in [0.2, 0.25) is 0 Å². The Balaban J connectivity index is 1.37. The predicted molar refractivity (Wildman–Crippen MR) is 147 cm³/mol. The Labute approximate surface area is 205 Å². The summed E-state index contributed by atoms with van der Waals surface area (Å²) in [6.07, 6.45) is 0. The normalized spacial score (nSPS) is 11.7. The molecule has 34 heavy (non-hydrogen) atoms. The zero-order valence-corrected chi connectivity index (χ0v) is 19.6. The lowest BCUT2D eigenvalue weighted by atomic mass is 10.0. The van der Waals surface area contributed by atoms with Crippen LogP contribution in [0.2, 0.25) is 5.02 Å². The molecule has 2 aromatic heterocycles. The van der Waals surface area contributed by atoms with E-state index in [0.717, 1.165) is 44.4 Å². The summed E-state index contributed by atoms with van der Waals surface area (Å²) >= 11 is 8.46. The minimum Gasteiger partial charge on any atom is -0.455 e. The standard InChI is InChI=1S/C30H18ClNOS/c31-24-16-15-18(19-9-5-10-22-20-7-1-3-13-27(20)33-29(19)22)17-26(24)32-25-12-6-11-23-21-8-2-4-14-28(21)34-30(23)25/h1-17,32H. The Hall–Kier alpha value is -3.79. The molecule has 162 valence electrons. The molecule has 0 saturated carbocycles. The zero-order chi connectivity index (χ0) is 22.6. The number of benzene rings is 5. The lowest BCUT2D eigenvalue weighted by Crippen LogP contribution is -1.92. The van der Waals surface area contributed by atoms with Gasteiger partial charge in [-0.15, -0.1) is 11.3 Å². The molecule has 0 amide bonds. The third-order valence-corrected chi connectivity index (χ3v) is 7.90. The maximum absolute atomic E-state index is 6.66. The van der Waals surface area contributed by atoms with Gasteiger partial charge >= 0.3 is 0 Å². The van der Waals surface area contributed by atoms with Gasteiger partial charge in [0.25, 0.3) is 0 Å². The molecule has 0 bridgehead atoms. The van der Waals surface area contributed by atoms with Crippen LogP contribution in [0.25, 0.3) is 53.2 Å². The molecule has 0 unspecified atom stereocenters. The quantitative estimate of drug-likeness (QED) is 0.275. The van der Waals surface area contributed by atoms with Gasteiger partial charge in [0.05, 0.1) is 21.1 Å². The van der Waals surface area contributed by atoms with Crippen molar-refractivity contribution in [3.8, 4) is 11.1 Å². The molecule has 2 nitrogen and oxygen atoms in total. The van der Waals surface area contributed by atoms with E-state index in [2.05, 4.69) is 84.2 Å². The monoisotopic (exact) mass is 475 g/mol. The van der Waals surface area contributed by atoms with Crippen molar-refractivity contribution in [1.29, 1.82) is 0 Å². The van der Waals surface area contributed by atoms with E-state index in [-0.39, 0.29) is 0 Å². The topological polar surface area (TPSA) is 25.2 Å². The number of nitrogens with one attached hydrogen (secondary N) is 1. The smallest absolute Gasteiger partial charge is 0.143 e. The molecule has 0 atom stereocenters. The van der Waals surface area contributed by atoms with Crippen LogP contribution in [0.4, 0.5) is 11.4 Å². The van der Waals surface area contributed by atoms with Gasteiger partial charge in [-0.05, 0) is 35.9 Å². The lowest BCUT2D eigenvalue weighted by Gasteiger charge is -2.12. The Morgan fingerprint density at radius 2 is 1.41 bits per heavy atom. The van der Waals surface area contributed by atoms with Gasteiger partial charge in [0, 0.05) is 31.8 Å². The van der Waals surface area contributed by atoms with Gasteiger partial charge < -0.3 is 9.73 Å². The van der Waals surface area contributed by atoms with Gasteiger partial charge in [0.15, 0.2) is 0 Å². The van der Waals surface area contributed by atoms with Crippen molar-refractivity contribution in [1.82, 2.24) is 0 Å². The van der Waals surface area contributed by atoms with Crippen LogP contribution in [-0.4, -0.2) is 0 Å². The van der Waals surface area contributed by atoms with E-state index in [1.54, 1.807) is 11.3 Å². The van der Waals surface area contributed by atoms with Crippen LogP contribution in [0.5, 0.6) is 0 Å². The Bertz CT molecular complexity index is 1860. The van der Waals surface area contributed by atoms with E-state index < -0.39 is 0 Å².